The van der Waals surface area contributed by atoms with Gasteiger partial charge in [-0.05, 0) is 60.7 Å². The molecule has 0 spiro atoms. The Balaban J connectivity index is 1.24. The largest absolute Gasteiger partial charge is 0.355 e. The number of nitrogens with zero attached hydrogens (tertiary/aromatic N) is 3. The summed E-state index contributed by atoms with van der Waals surface area (Å²) in [4.78, 5) is 16.0. The molecule has 3 aromatic rings. The Morgan fingerprint density at radius 3 is 2.44 bits per heavy atom. The molecule has 0 radical (unpaired) electrons. The molecule has 1 aliphatic rings. The van der Waals surface area contributed by atoms with Crippen LogP contribution >= 0.6 is 27.7 Å². The lowest BCUT2D eigenvalue weighted by Crippen LogP contribution is -2.41. The summed E-state index contributed by atoms with van der Waals surface area (Å²) in [7, 11) is 0. The Kier molecular flexibility index (Phi) is 7.81. The average molecular weight is 511 g/mol. The van der Waals surface area contributed by atoms with Gasteiger partial charge in [-0.1, -0.05) is 64.9 Å². The van der Waals surface area contributed by atoms with E-state index in [0.29, 0.717) is 12.5 Å². The van der Waals surface area contributed by atoms with Crippen LogP contribution in [0.2, 0.25) is 0 Å². The van der Waals surface area contributed by atoms with Gasteiger partial charge >= 0.3 is 0 Å². The van der Waals surface area contributed by atoms with Crippen molar-refractivity contribution in [2.45, 2.75) is 35.6 Å². The average Bonchev–Trinajstić information content (AvgIpc) is 2.85. The fourth-order valence-corrected chi connectivity index (χ4v) is 4.82. The van der Waals surface area contributed by atoms with E-state index in [1.54, 1.807) is 11.8 Å². The number of anilines is 1. The maximum Gasteiger partial charge on any atom is 0.223 e. The van der Waals surface area contributed by atoms with Crippen molar-refractivity contribution in [1.29, 1.82) is 0 Å². The molecule has 4 rings (SSSR count). The van der Waals surface area contributed by atoms with Crippen LogP contribution in [-0.4, -0.2) is 35.7 Å². The molecule has 1 N–H and O–H groups in total. The molecule has 1 aromatic heterocycles. The Morgan fingerprint density at radius 1 is 1.06 bits per heavy atom. The van der Waals surface area contributed by atoms with E-state index >= 15 is 0 Å². The smallest absolute Gasteiger partial charge is 0.223 e. The maximum atomic E-state index is 12.7. The molecule has 1 amide bonds. The molecule has 7 heteroatoms. The zero-order valence-corrected chi connectivity index (χ0v) is 20.5. The Bertz CT molecular complexity index is 1010. The number of piperidine rings is 1. The van der Waals surface area contributed by atoms with Gasteiger partial charge in [0.25, 0.3) is 0 Å². The molecule has 166 valence electrons. The van der Waals surface area contributed by atoms with Gasteiger partial charge in [0.15, 0.2) is 5.82 Å². The second-order valence-electron chi connectivity index (χ2n) is 8.10. The van der Waals surface area contributed by atoms with E-state index in [1.807, 2.05) is 42.5 Å². The number of aromatic nitrogens is 2. The number of hydrogen-bond donors (Lipinski definition) is 1. The predicted molar refractivity (Wildman–Crippen MR) is 133 cm³/mol. The monoisotopic (exact) mass is 510 g/mol. The first-order chi connectivity index (χ1) is 15.6. The fraction of sp³-hybridized carbons (Fsp3) is 0.320. The zero-order valence-electron chi connectivity index (χ0n) is 18.1. The number of hydrogen-bond acceptors (Lipinski definition) is 5. The third-order valence-corrected chi connectivity index (χ3v) is 7.27. The topological polar surface area (TPSA) is 58.1 Å². The SMILES string of the molecule is C[C@@H](CNC(=O)C1CCN(c2ccc(Sc3ccc(Br)cc3)nn2)CC1)c1ccccc1. The van der Waals surface area contributed by atoms with E-state index in [4.69, 9.17) is 0 Å². The van der Waals surface area contributed by atoms with Crippen LogP contribution < -0.4 is 10.2 Å². The number of rotatable bonds is 7. The standard InChI is InChI=1S/C25H27BrN4OS/c1-18(19-5-3-2-4-6-19)17-27-25(31)20-13-15-30(16-14-20)23-11-12-24(29-28-23)32-22-9-7-21(26)8-10-22/h2-12,18,20H,13-17H2,1H3,(H,27,31)/t18-/m0/s1. The number of halogens is 1. The third-order valence-electron chi connectivity index (χ3n) is 5.80. The normalized spacial score (nSPS) is 15.4. The van der Waals surface area contributed by atoms with Gasteiger partial charge in [0.2, 0.25) is 5.91 Å². The highest BCUT2D eigenvalue weighted by Gasteiger charge is 2.26. The van der Waals surface area contributed by atoms with Crippen molar-refractivity contribution in [2.75, 3.05) is 24.5 Å². The first-order valence-electron chi connectivity index (χ1n) is 10.9. The van der Waals surface area contributed by atoms with Crippen molar-refractivity contribution in [2.24, 2.45) is 5.92 Å². The second kappa shape index (κ2) is 11.0. The summed E-state index contributed by atoms with van der Waals surface area (Å²) in [5, 5.41) is 12.8. The molecule has 32 heavy (non-hydrogen) atoms. The van der Waals surface area contributed by atoms with Crippen molar-refractivity contribution >= 4 is 39.4 Å². The first-order valence-corrected chi connectivity index (χ1v) is 12.5. The summed E-state index contributed by atoms with van der Waals surface area (Å²) in [5.41, 5.74) is 1.25. The minimum absolute atomic E-state index is 0.0643. The molecule has 1 fully saturated rings. The quantitative estimate of drug-likeness (QED) is 0.452. The highest BCUT2D eigenvalue weighted by Crippen LogP contribution is 2.28. The molecule has 1 saturated heterocycles. The second-order valence-corrected chi connectivity index (χ2v) is 10.1. The molecule has 2 heterocycles. The lowest BCUT2D eigenvalue weighted by atomic mass is 9.95. The van der Waals surface area contributed by atoms with Gasteiger partial charge in [0, 0.05) is 34.9 Å². The van der Waals surface area contributed by atoms with Crippen molar-refractivity contribution in [3.05, 3.63) is 76.8 Å². The van der Waals surface area contributed by atoms with Gasteiger partial charge in [0.1, 0.15) is 5.03 Å². The summed E-state index contributed by atoms with van der Waals surface area (Å²) < 4.78 is 1.06. The molecule has 0 saturated carbocycles. The van der Waals surface area contributed by atoms with Crippen molar-refractivity contribution < 1.29 is 4.79 Å². The molecular formula is C25H27BrN4OS. The molecule has 5 nitrogen and oxygen atoms in total. The van der Waals surface area contributed by atoms with Crippen LogP contribution in [0.25, 0.3) is 0 Å². The summed E-state index contributed by atoms with van der Waals surface area (Å²) >= 11 is 5.05. The Morgan fingerprint density at radius 2 is 1.78 bits per heavy atom. The first kappa shape index (κ1) is 22.8. The Hall–Kier alpha value is -2.38. The van der Waals surface area contributed by atoms with Gasteiger partial charge < -0.3 is 10.2 Å². The minimum Gasteiger partial charge on any atom is -0.355 e. The highest BCUT2D eigenvalue weighted by atomic mass is 79.9. The van der Waals surface area contributed by atoms with Crippen LogP contribution in [-0.2, 0) is 4.79 Å². The van der Waals surface area contributed by atoms with Gasteiger partial charge in [-0.2, -0.15) is 0 Å². The van der Waals surface area contributed by atoms with E-state index in [9.17, 15) is 4.79 Å². The number of benzene rings is 2. The van der Waals surface area contributed by atoms with E-state index < -0.39 is 0 Å². The number of carbonyl (C=O) groups is 1. The molecule has 0 aliphatic carbocycles. The Labute approximate surface area is 202 Å². The van der Waals surface area contributed by atoms with Crippen LogP contribution in [0.5, 0.6) is 0 Å². The van der Waals surface area contributed by atoms with Crippen LogP contribution in [0.15, 0.2) is 81.1 Å². The van der Waals surface area contributed by atoms with E-state index in [-0.39, 0.29) is 11.8 Å². The highest BCUT2D eigenvalue weighted by molar-refractivity contribution is 9.10. The van der Waals surface area contributed by atoms with Crippen molar-refractivity contribution in [3.8, 4) is 0 Å². The van der Waals surface area contributed by atoms with Crippen molar-refractivity contribution in [1.82, 2.24) is 15.5 Å². The van der Waals surface area contributed by atoms with E-state index in [2.05, 4.69) is 67.5 Å². The van der Waals surface area contributed by atoms with Crippen LogP contribution in [0.1, 0.15) is 31.2 Å². The summed E-state index contributed by atoms with van der Waals surface area (Å²) in [6.45, 7) is 4.46. The van der Waals surface area contributed by atoms with Crippen LogP contribution in [0, 0.1) is 5.92 Å². The van der Waals surface area contributed by atoms with Crippen molar-refractivity contribution in [3.63, 3.8) is 0 Å². The summed E-state index contributed by atoms with van der Waals surface area (Å²) in [6.07, 6.45) is 1.67. The number of amides is 1. The predicted octanol–water partition coefficient (Wildman–Crippen LogP) is 5.53. The number of carbonyl (C=O) groups excluding carboxylic acids is 1. The number of nitrogens with one attached hydrogen (secondary N) is 1. The van der Waals surface area contributed by atoms with Gasteiger partial charge in [-0.15, -0.1) is 10.2 Å². The van der Waals surface area contributed by atoms with E-state index in [1.165, 1.54) is 5.56 Å². The van der Waals surface area contributed by atoms with E-state index in [0.717, 1.165) is 46.1 Å². The maximum absolute atomic E-state index is 12.7. The van der Waals surface area contributed by atoms with Crippen LogP contribution in [0.3, 0.4) is 0 Å². The summed E-state index contributed by atoms with van der Waals surface area (Å²) in [6, 6.07) is 22.5. The lowest BCUT2D eigenvalue weighted by molar-refractivity contribution is -0.125. The van der Waals surface area contributed by atoms with Gasteiger partial charge in [0.05, 0.1) is 0 Å². The molecule has 1 atom stereocenters. The molecule has 2 aromatic carbocycles. The van der Waals surface area contributed by atoms with Crippen LogP contribution in [0.4, 0.5) is 5.82 Å². The lowest BCUT2D eigenvalue weighted by Gasteiger charge is -2.32. The fourth-order valence-electron chi connectivity index (χ4n) is 3.83. The molecule has 0 unspecified atom stereocenters. The minimum atomic E-state index is 0.0643. The van der Waals surface area contributed by atoms with Gasteiger partial charge in [-0.3, -0.25) is 4.79 Å². The summed E-state index contributed by atoms with van der Waals surface area (Å²) in [5.74, 6) is 1.42. The van der Waals surface area contributed by atoms with Gasteiger partial charge in [-0.25, -0.2) is 0 Å². The molecule has 0 bridgehead atoms. The molecular weight excluding hydrogens is 484 g/mol. The molecule has 1 aliphatic heterocycles. The third kappa shape index (κ3) is 6.11. The zero-order chi connectivity index (χ0) is 22.3.